The summed E-state index contributed by atoms with van der Waals surface area (Å²) in [4.78, 5) is 0. The summed E-state index contributed by atoms with van der Waals surface area (Å²) in [5.74, 6) is 0.928. The van der Waals surface area contributed by atoms with E-state index in [0.29, 0.717) is 0 Å². The van der Waals surface area contributed by atoms with Gasteiger partial charge >= 0.3 is 0 Å². The molecule has 1 unspecified atom stereocenters. The Morgan fingerprint density at radius 1 is 1.41 bits per heavy atom. The van der Waals surface area contributed by atoms with Crippen molar-refractivity contribution in [1.29, 1.82) is 0 Å². The Labute approximate surface area is 104 Å². The van der Waals surface area contributed by atoms with Crippen molar-refractivity contribution >= 4 is 0 Å². The second-order valence-electron chi connectivity index (χ2n) is 4.61. The monoisotopic (exact) mass is 239 g/mol. The van der Waals surface area contributed by atoms with Crippen LogP contribution in [0, 0.1) is 13.8 Å². The number of aromatic nitrogens is 2. The van der Waals surface area contributed by atoms with Crippen LogP contribution in [-0.2, 0) is 7.05 Å². The predicted molar refractivity (Wildman–Crippen MR) is 70.5 cm³/mol. The van der Waals surface area contributed by atoms with Crippen molar-refractivity contribution in [3.8, 4) is 5.75 Å². The minimum Gasteiger partial charge on any atom is -0.486 e. The van der Waals surface area contributed by atoms with E-state index in [9.17, 15) is 0 Å². The fraction of sp³-hybridized carbons (Fsp3) is 0.769. The van der Waals surface area contributed by atoms with E-state index >= 15 is 0 Å². The van der Waals surface area contributed by atoms with Crippen molar-refractivity contribution in [1.82, 2.24) is 15.1 Å². The molecular formula is C13H25N3O. The fourth-order valence-electron chi connectivity index (χ4n) is 1.77. The van der Waals surface area contributed by atoms with Gasteiger partial charge in [-0.25, -0.2) is 0 Å². The maximum Gasteiger partial charge on any atom is 0.163 e. The first-order valence-corrected chi connectivity index (χ1v) is 6.43. The van der Waals surface area contributed by atoms with Gasteiger partial charge in [0.15, 0.2) is 5.75 Å². The zero-order valence-electron chi connectivity index (χ0n) is 11.7. The molecule has 0 fully saturated rings. The van der Waals surface area contributed by atoms with Crippen LogP contribution in [-0.4, -0.2) is 29.0 Å². The molecule has 0 aliphatic carbocycles. The third kappa shape index (κ3) is 4.04. The van der Waals surface area contributed by atoms with Crippen molar-refractivity contribution < 1.29 is 4.74 Å². The Hall–Kier alpha value is -1.03. The van der Waals surface area contributed by atoms with Gasteiger partial charge in [0.2, 0.25) is 0 Å². The molecule has 1 N–H and O–H groups in total. The van der Waals surface area contributed by atoms with Gasteiger partial charge in [0, 0.05) is 13.6 Å². The molecule has 0 spiro atoms. The van der Waals surface area contributed by atoms with Gasteiger partial charge in [-0.2, -0.15) is 5.10 Å². The molecule has 0 aliphatic rings. The normalized spacial score (nSPS) is 12.8. The van der Waals surface area contributed by atoms with E-state index in [2.05, 4.69) is 24.3 Å². The molecule has 1 atom stereocenters. The molecule has 0 amide bonds. The lowest BCUT2D eigenvalue weighted by molar-refractivity contribution is 0.214. The lowest BCUT2D eigenvalue weighted by Crippen LogP contribution is -2.29. The fourth-order valence-corrected chi connectivity index (χ4v) is 1.77. The minimum atomic E-state index is 0.174. The van der Waals surface area contributed by atoms with Crippen molar-refractivity contribution in [2.75, 3.05) is 13.1 Å². The first-order valence-electron chi connectivity index (χ1n) is 6.43. The predicted octanol–water partition coefficient (Wildman–Crippen LogP) is 2.19. The van der Waals surface area contributed by atoms with Crippen LogP contribution in [0.3, 0.4) is 0 Å². The molecule has 0 aromatic carbocycles. The van der Waals surface area contributed by atoms with Crippen LogP contribution in [0.1, 0.15) is 38.1 Å². The molecule has 1 aromatic rings. The average Bonchev–Trinajstić information content (AvgIpc) is 2.52. The number of rotatable bonds is 7. The van der Waals surface area contributed by atoms with Gasteiger partial charge in [-0.1, -0.05) is 13.3 Å². The molecule has 0 saturated heterocycles. The number of hydrogen-bond acceptors (Lipinski definition) is 3. The van der Waals surface area contributed by atoms with Gasteiger partial charge < -0.3 is 10.1 Å². The SMILES string of the molecule is CCCCNCC(C)Oc1c(C)nn(C)c1C. The van der Waals surface area contributed by atoms with Crippen LogP contribution in [0.5, 0.6) is 5.75 Å². The van der Waals surface area contributed by atoms with E-state index < -0.39 is 0 Å². The molecule has 0 bridgehead atoms. The van der Waals surface area contributed by atoms with Gasteiger partial charge in [0.1, 0.15) is 11.8 Å². The molecular weight excluding hydrogens is 214 g/mol. The molecule has 1 rings (SSSR count). The van der Waals surface area contributed by atoms with Crippen LogP contribution in [0.15, 0.2) is 0 Å². The summed E-state index contributed by atoms with van der Waals surface area (Å²) in [6, 6.07) is 0. The van der Waals surface area contributed by atoms with Gasteiger partial charge in [0.25, 0.3) is 0 Å². The van der Waals surface area contributed by atoms with Crippen LogP contribution in [0.4, 0.5) is 0 Å². The van der Waals surface area contributed by atoms with Gasteiger partial charge in [0.05, 0.1) is 5.69 Å². The molecule has 1 aromatic heterocycles. The van der Waals surface area contributed by atoms with E-state index in [1.165, 1.54) is 12.8 Å². The van der Waals surface area contributed by atoms with Crippen molar-refractivity contribution in [3.05, 3.63) is 11.4 Å². The lowest BCUT2D eigenvalue weighted by atomic mass is 10.3. The first kappa shape index (κ1) is 14.0. The minimum absolute atomic E-state index is 0.174. The number of ether oxygens (including phenoxy) is 1. The number of unbranched alkanes of at least 4 members (excludes halogenated alkanes) is 1. The Morgan fingerprint density at radius 3 is 2.65 bits per heavy atom. The molecule has 98 valence electrons. The van der Waals surface area contributed by atoms with Crippen molar-refractivity contribution in [3.63, 3.8) is 0 Å². The largest absolute Gasteiger partial charge is 0.486 e. The number of hydrogen-bond donors (Lipinski definition) is 1. The zero-order valence-corrected chi connectivity index (χ0v) is 11.7. The van der Waals surface area contributed by atoms with E-state index in [4.69, 9.17) is 4.74 Å². The molecule has 0 radical (unpaired) electrons. The first-order chi connectivity index (χ1) is 8.06. The van der Waals surface area contributed by atoms with Gasteiger partial charge in [-0.15, -0.1) is 0 Å². The van der Waals surface area contributed by atoms with Crippen LogP contribution in [0.25, 0.3) is 0 Å². The smallest absolute Gasteiger partial charge is 0.163 e. The summed E-state index contributed by atoms with van der Waals surface area (Å²) in [5, 5.41) is 7.74. The zero-order chi connectivity index (χ0) is 12.8. The summed E-state index contributed by atoms with van der Waals surface area (Å²) in [6.07, 6.45) is 2.62. The summed E-state index contributed by atoms with van der Waals surface area (Å²) >= 11 is 0. The Balaban J connectivity index is 2.42. The molecule has 4 nitrogen and oxygen atoms in total. The number of nitrogens with zero attached hydrogens (tertiary/aromatic N) is 2. The summed E-state index contributed by atoms with van der Waals surface area (Å²) in [6.45, 7) is 10.3. The average molecular weight is 239 g/mol. The third-order valence-electron chi connectivity index (χ3n) is 2.90. The summed E-state index contributed by atoms with van der Waals surface area (Å²) < 4.78 is 7.79. The summed E-state index contributed by atoms with van der Waals surface area (Å²) in [7, 11) is 1.94. The maximum atomic E-state index is 5.93. The number of aryl methyl sites for hydroxylation is 2. The highest BCUT2D eigenvalue weighted by atomic mass is 16.5. The Bertz CT molecular complexity index is 347. The van der Waals surface area contributed by atoms with Crippen LogP contribution in [0.2, 0.25) is 0 Å². The lowest BCUT2D eigenvalue weighted by Gasteiger charge is -2.15. The molecule has 0 aliphatic heterocycles. The van der Waals surface area contributed by atoms with E-state index in [1.54, 1.807) is 0 Å². The van der Waals surface area contributed by atoms with E-state index in [-0.39, 0.29) is 6.10 Å². The van der Waals surface area contributed by atoms with E-state index in [1.807, 2.05) is 25.6 Å². The highest BCUT2D eigenvalue weighted by Gasteiger charge is 2.13. The topological polar surface area (TPSA) is 39.1 Å². The maximum absolute atomic E-state index is 5.93. The van der Waals surface area contributed by atoms with Crippen molar-refractivity contribution in [2.24, 2.45) is 7.05 Å². The standard InChI is InChI=1S/C13H25N3O/c1-6-7-8-14-9-10(2)17-13-11(3)15-16(5)12(13)4/h10,14H,6-9H2,1-5H3. The van der Waals surface area contributed by atoms with Crippen molar-refractivity contribution in [2.45, 2.75) is 46.6 Å². The van der Waals surface area contributed by atoms with Crippen LogP contribution < -0.4 is 10.1 Å². The molecule has 0 saturated carbocycles. The number of nitrogens with one attached hydrogen (secondary N) is 1. The highest BCUT2D eigenvalue weighted by molar-refractivity contribution is 5.31. The second kappa shape index (κ2) is 6.64. The third-order valence-corrected chi connectivity index (χ3v) is 2.90. The van der Waals surface area contributed by atoms with Gasteiger partial charge in [-0.3, -0.25) is 4.68 Å². The highest BCUT2D eigenvalue weighted by Crippen LogP contribution is 2.22. The molecule has 4 heteroatoms. The molecule has 17 heavy (non-hydrogen) atoms. The quantitative estimate of drug-likeness (QED) is 0.741. The Kier molecular flexibility index (Phi) is 5.48. The summed E-state index contributed by atoms with van der Waals surface area (Å²) in [5.41, 5.74) is 2.05. The van der Waals surface area contributed by atoms with Gasteiger partial charge in [-0.05, 0) is 33.7 Å². The van der Waals surface area contributed by atoms with E-state index in [0.717, 1.165) is 30.2 Å². The van der Waals surface area contributed by atoms with Crippen LogP contribution >= 0.6 is 0 Å². The molecule has 1 heterocycles. The Morgan fingerprint density at radius 2 is 2.12 bits per heavy atom. The second-order valence-corrected chi connectivity index (χ2v) is 4.61.